The average molecular weight is 353 g/mol. The number of halogens is 1. The van der Waals surface area contributed by atoms with Crippen LogP contribution >= 0.6 is 15.9 Å². The van der Waals surface area contributed by atoms with E-state index in [0.717, 1.165) is 17.7 Å². The van der Waals surface area contributed by atoms with E-state index >= 15 is 0 Å². The second kappa shape index (κ2) is 6.82. The molecule has 0 radical (unpaired) electrons. The Labute approximate surface area is 131 Å². The Kier molecular flexibility index (Phi) is 5.08. The van der Waals surface area contributed by atoms with Gasteiger partial charge in [-0.1, -0.05) is 22.9 Å². The van der Waals surface area contributed by atoms with E-state index in [9.17, 15) is 10.1 Å². The summed E-state index contributed by atoms with van der Waals surface area (Å²) in [5.41, 5.74) is 2.15. The summed E-state index contributed by atoms with van der Waals surface area (Å²) in [5.74, 6) is 0. The summed E-state index contributed by atoms with van der Waals surface area (Å²) in [5, 5.41) is 18.4. The summed E-state index contributed by atoms with van der Waals surface area (Å²) >= 11 is 3.38. The van der Waals surface area contributed by atoms with Gasteiger partial charge in [0.2, 0.25) is 0 Å². The van der Waals surface area contributed by atoms with Gasteiger partial charge in [-0.05, 0) is 25.1 Å². The maximum atomic E-state index is 10.7. The molecule has 21 heavy (non-hydrogen) atoms. The van der Waals surface area contributed by atoms with Gasteiger partial charge in [0.15, 0.2) is 0 Å². The third kappa shape index (κ3) is 3.89. The van der Waals surface area contributed by atoms with Crippen molar-refractivity contribution in [2.24, 2.45) is 0 Å². The lowest BCUT2D eigenvalue weighted by Crippen LogP contribution is -2.17. The lowest BCUT2D eigenvalue weighted by atomic mass is 10.2. The minimum atomic E-state index is -0.404. The van der Waals surface area contributed by atoms with Crippen molar-refractivity contribution < 1.29 is 4.92 Å². The first-order valence-corrected chi connectivity index (χ1v) is 7.49. The summed E-state index contributed by atoms with van der Waals surface area (Å²) in [7, 11) is 0. The fraction of sp³-hybridized carbons (Fsp3) is 0.357. The van der Waals surface area contributed by atoms with Gasteiger partial charge in [0.25, 0.3) is 5.69 Å². The summed E-state index contributed by atoms with van der Waals surface area (Å²) in [6, 6.07) is 5.02. The van der Waals surface area contributed by atoms with Crippen molar-refractivity contribution in [2.75, 3.05) is 6.54 Å². The van der Waals surface area contributed by atoms with E-state index in [4.69, 9.17) is 0 Å². The van der Waals surface area contributed by atoms with Crippen LogP contribution < -0.4 is 5.32 Å². The lowest BCUT2D eigenvalue weighted by molar-refractivity contribution is -0.384. The summed E-state index contributed by atoms with van der Waals surface area (Å²) < 4.78 is 2.54. The molecule has 2 aromatic rings. The van der Waals surface area contributed by atoms with Crippen molar-refractivity contribution >= 4 is 21.6 Å². The van der Waals surface area contributed by atoms with Gasteiger partial charge in [-0.15, -0.1) is 0 Å². The van der Waals surface area contributed by atoms with Crippen LogP contribution in [-0.4, -0.2) is 21.2 Å². The number of hydrogen-bond donors (Lipinski definition) is 1. The topological polar surface area (TPSA) is 73.0 Å². The van der Waals surface area contributed by atoms with Gasteiger partial charge < -0.3 is 5.32 Å². The van der Waals surface area contributed by atoms with Crippen LogP contribution in [0.3, 0.4) is 0 Å². The van der Waals surface area contributed by atoms with Crippen LogP contribution in [0, 0.1) is 10.1 Å². The molecule has 1 aromatic carbocycles. The van der Waals surface area contributed by atoms with Crippen LogP contribution in [0.2, 0.25) is 0 Å². The molecule has 0 bridgehead atoms. The molecule has 1 N–H and O–H groups in total. The number of nitrogens with zero attached hydrogens (tertiary/aromatic N) is 3. The minimum absolute atomic E-state index is 0.0764. The normalized spacial score (nSPS) is 12.3. The molecule has 1 unspecified atom stereocenters. The van der Waals surface area contributed by atoms with E-state index in [2.05, 4.69) is 40.2 Å². The highest BCUT2D eigenvalue weighted by molar-refractivity contribution is 9.10. The molecular formula is C14H17BrN4O2. The van der Waals surface area contributed by atoms with Gasteiger partial charge in [-0.3, -0.25) is 14.8 Å². The van der Waals surface area contributed by atoms with Crippen molar-refractivity contribution in [3.8, 4) is 0 Å². The summed E-state index contributed by atoms with van der Waals surface area (Å²) in [4.78, 5) is 10.3. The van der Waals surface area contributed by atoms with Crippen LogP contribution in [-0.2, 0) is 6.54 Å². The molecule has 0 aliphatic heterocycles. The van der Waals surface area contributed by atoms with Gasteiger partial charge in [-0.2, -0.15) is 5.10 Å². The Balaban J connectivity index is 2.13. The maximum Gasteiger partial charge on any atom is 0.270 e. The third-order valence-corrected chi connectivity index (χ3v) is 3.98. The van der Waals surface area contributed by atoms with Gasteiger partial charge in [-0.25, -0.2) is 0 Å². The van der Waals surface area contributed by atoms with E-state index in [1.807, 2.05) is 17.1 Å². The van der Waals surface area contributed by atoms with Crippen LogP contribution in [0.15, 0.2) is 35.1 Å². The van der Waals surface area contributed by atoms with Crippen molar-refractivity contribution in [3.63, 3.8) is 0 Å². The Morgan fingerprint density at radius 2 is 2.29 bits per heavy atom. The molecule has 0 amide bonds. The van der Waals surface area contributed by atoms with Crippen molar-refractivity contribution in [1.82, 2.24) is 15.1 Å². The Hall–Kier alpha value is -1.73. The molecule has 0 saturated heterocycles. The molecule has 0 saturated carbocycles. The number of non-ortho nitro benzene ring substituents is 1. The zero-order valence-electron chi connectivity index (χ0n) is 11.9. The monoisotopic (exact) mass is 352 g/mol. The fourth-order valence-corrected chi connectivity index (χ4v) is 2.56. The molecule has 0 aliphatic rings. The van der Waals surface area contributed by atoms with Crippen LogP contribution in [0.5, 0.6) is 0 Å². The van der Waals surface area contributed by atoms with Crippen molar-refractivity contribution in [1.29, 1.82) is 0 Å². The van der Waals surface area contributed by atoms with E-state index in [-0.39, 0.29) is 11.7 Å². The molecule has 0 fully saturated rings. The van der Waals surface area contributed by atoms with Crippen LogP contribution in [0.25, 0.3) is 0 Å². The fourth-order valence-electron chi connectivity index (χ4n) is 2.07. The zero-order chi connectivity index (χ0) is 15.4. The first-order chi connectivity index (χ1) is 10.0. The molecule has 0 spiro atoms. The first-order valence-electron chi connectivity index (χ1n) is 6.69. The van der Waals surface area contributed by atoms with Gasteiger partial charge in [0.1, 0.15) is 0 Å². The second-order valence-electron chi connectivity index (χ2n) is 4.78. The lowest BCUT2D eigenvalue weighted by Gasteiger charge is -2.09. The van der Waals surface area contributed by atoms with Gasteiger partial charge in [0, 0.05) is 34.4 Å². The first kappa shape index (κ1) is 15.7. The molecule has 0 aliphatic carbocycles. The Bertz CT molecular complexity index is 642. The van der Waals surface area contributed by atoms with Crippen LogP contribution in [0.1, 0.15) is 31.0 Å². The predicted molar refractivity (Wildman–Crippen MR) is 84.2 cm³/mol. The largest absolute Gasteiger partial charge is 0.310 e. The number of hydrogen-bond acceptors (Lipinski definition) is 4. The number of rotatable bonds is 6. The molecule has 2 rings (SSSR count). The molecule has 6 nitrogen and oxygen atoms in total. The standard InChI is InChI=1S/C14H17BrN4O2/c1-3-16-10(2)12-7-17-18(9-12)8-11-4-5-13(19(20)21)6-14(11)15/h4-7,9-10,16H,3,8H2,1-2H3. The van der Waals surface area contributed by atoms with E-state index in [0.29, 0.717) is 11.0 Å². The number of nitro groups is 1. The number of nitrogens with one attached hydrogen (secondary N) is 1. The molecule has 112 valence electrons. The highest BCUT2D eigenvalue weighted by atomic mass is 79.9. The predicted octanol–water partition coefficient (Wildman–Crippen LogP) is 3.27. The molecule has 7 heteroatoms. The summed E-state index contributed by atoms with van der Waals surface area (Å²) in [6.45, 7) is 5.62. The van der Waals surface area contributed by atoms with E-state index in [1.54, 1.807) is 6.07 Å². The highest BCUT2D eigenvalue weighted by Gasteiger charge is 2.11. The number of benzene rings is 1. The number of nitro benzene ring substituents is 1. The minimum Gasteiger partial charge on any atom is -0.310 e. The van der Waals surface area contributed by atoms with Crippen molar-refractivity contribution in [3.05, 3.63) is 56.3 Å². The quantitative estimate of drug-likeness (QED) is 0.639. The average Bonchev–Trinajstić information content (AvgIpc) is 2.90. The molecular weight excluding hydrogens is 336 g/mol. The maximum absolute atomic E-state index is 10.7. The van der Waals surface area contributed by atoms with E-state index < -0.39 is 4.92 Å². The highest BCUT2D eigenvalue weighted by Crippen LogP contribution is 2.24. The Morgan fingerprint density at radius 1 is 1.52 bits per heavy atom. The SMILES string of the molecule is CCNC(C)c1cnn(Cc2ccc([N+](=O)[O-])cc2Br)c1. The third-order valence-electron chi connectivity index (χ3n) is 3.24. The molecule has 1 aromatic heterocycles. The van der Waals surface area contributed by atoms with Crippen LogP contribution in [0.4, 0.5) is 5.69 Å². The van der Waals surface area contributed by atoms with E-state index in [1.165, 1.54) is 12.1 Å². The Morgan fingerprint density at radius 3 is 2.90 bits per heavy atom. The summed E-state index contributed by atoms with van der Waals surface area (Å²) in [6.07, 6.45) is 3.83. The molecule has 1 heterocycles. The van der Waals surface area contributed by atoms with Gasteiger partial charge >= 0.3 is 0 Å². The van der Waals surface area contributed by atoms with Crippen molar-refractivity contribution in [2.45, 2.75) is 26.4 Å². The molecule has 1 atom stereocenters. The smallest absolute Gasteiger partial charge is 0.270 e. The zero-order valence-corrected chi connectivity index (χ0v) is 13.5. The van der Waals surface area contributed by atoms with Gasteiger partial charge in [0.05, 0.1) is 17.7 Å². The second-order valence-corrected chi connectivity index (χ2v) is 5.64. The number of aromatic nitrogens is 2.